The molecule has 0 aliphatic carbocycles. The highest BCUT2D eigenvalue weighted by atomic mass is 16.3. The minimum atomic E-state index is -0.821. The normalized spacial score (nSPS) is 27.3. The van der Waals surface area contributed by atoms with Crippen molar-refractivity contribution in [2.24, 2.45) is 11.1 Å². The van der Waals surface area contributed by atoms with Crippen LogP contribution in [-0.4, -0.2) is 52.4 Å². The van der Waals surface area contributed by atoms with E-state index in [1.165, 1.54) is 4.90 Å². The summed E-state index contributed by atoms with van der Waals surface area (Å²) in [7, 11) is 0. The predicted octanol–water partition coefficient (Wildman–Crippen LogP) is -0.296. The number of amides is 1. The summed E-state index contributed by atoms with van der Waals surface area (Å²) >= 11 is 0. The van der Waals surface area contributed by atoms with Gasteiger partial charge in [-0.15, -0.1) is 0 Å². The Bertz CT molecular complexity index is 265. The number of hydrogen-bond acceptors (Lipinski definition) is 4. The van der Waals surface area contributed by atoms with Gasteiger partial charge in [-0.05, 0) is 11.8 Å². The Balaban J connectivity index is 2.40. The van der Waals surface area contributed by atoms with E-state index in [1.807, 2.05) is 0 Å². The van der Waals surface area contributed by atoms with Crippen LogP contribution < -0.4 is 5.73 Å². The highest BCUT2D eigenvalue weighted by molar-refractivity contribution is 5.77. The molecule has 0 aromatic carbocycles. The van der Waals surface area contributed by atoms with E-state index in [1.54, 1.807) is 0 Å². The molecule has 17 heavy (non-hydrogen) atoms. The average molecular weight is 244 g/mol. The number of carbonyl (C=O) groups is 1. The van der Waals surface area contributed by atoms with Gasteiger partial charge in [-0.2, -0.15) is 0 Å². The first-order valence-corrected chi connectivity index (χ1v) is 6.08. The molecular weight excluding hydrogens is 220 g/mol. The van der Waals surface area contributed by atoms with E-state index in [0.717, 1.165) is 6.42 Å². The number of nitrogens with zero attached hydrogens (tertiary/aromatic N) is 1. The number of nitrogens with two attached hydrogens (primary N) is 1. The molecule has 0 spiro atoms. The number of aliphatic hydroxyl groups excluding tert-OH is 2. The second kappa shape index (κ2) is 5.33. The third-order valence-corrected chi connectivity index (χ3v) is 2.92. The standard InChI is InChI=1S/C12H24N2O3/c1-12(2,3)5-8(13)4-11(17)14-6-9(15)10(16)7-14/h8-10,15-16H,4-7,13H2,1-3H3/t8?,9-,10+. The smallest absolute Gasteiger partial charge is 0.224 e. The molecule has 1 aliphatic heterocycles. The van der Waals surface area contributed by atoms with Gasteiger partial charge in [0.05, 0.1) is 12.2 Å². The minimum absolute atomic E-state index is 0.0858. The lowest BCUT2D eigenvalue weighted by atomic mass is 9.87. The van der Waals surface area contributed by atoms with Gasteiger partial charge in [0, 0.05) is 25.6 Å². The maximum absolute atomic E-state index is 11.9. The molecule has 1 rings (SSSR count). The summed E-state index contributed by atoms with van der Waals surface area (Å²) in [5, 5.41) is 18.7. The molecular formula is C12H24N2O3. The molecule has 1 saturated heterocycles. The first-order chi connectivity index (χ1) is 7.69. The van der Waals surface area contributed by atoms with Crippen molar-refractivity contribution in [1.82, 2.24) is 4.90 Å². The summed E-state index contributed by atoms with van der Waals surface area (Å²) in [5.41, 5.74) is 6.03. The van der Waals surface area contributed by atoms with Crippen molar-refractivity contribution in [2.45, 2.75) is 51.9 Å². The van der Waals surface area contributed by atoms with Crippen molar-refractivity contribution in [3.05, 3.63) is 0 Å². The van der Waals surface area contributed by atoms with Gasteiger partial charge in [0.1, 0.15) is 0 Å². The third-order valence-electron chi connectivity index (χ3n) is 2.92. The fourth-order valence-corrected chi connectivity index (χ4v) is 2.19. The van der Waals surface area contributed by atoms with E-state index >= 15 is 0 Å². The maximum atomic E-state index is 11.9. The predicted molar refractivity (Wildman–Crippen MR) is 65.3 cm³/mol. The van der Waals surface area contributed by atoms with E-state index in [9.17, 15) is 15.0 Å². The molecule has 1 unspecified atom stereocenters. The second-order valence-electron chi connectivity index (χ2n) is 6.16. The lowest BCUT2D eigenvalue weighted by molar-refractivity contribution is -0.131. The molecule has 5 heteroatoms. The van der Waals surface area contributed by atoms with E-state index in [4.69, 9.17) is 5.73 Å². The first kappa shape index (κ1) is 14.4. The lowest BCUT2D eigenvalue weighted by Gasteiger charge is -2.24. The van der Waals surface area contributed by atoms with Crippen molar-refractivity contribution in [1.29, 1.82) is 0 Å². The molecule has 100 valence electrons. The van der Waals surface area contributed by atoms with E-state index in [2.05, 4.69) is 20.8 Å². The largest absolute Gasteiger partial charge is 0.388 e. The van der Waals surface area contributed by atoms with Crippen LogP contribution in [0.15, 0.2) is 0 Å². The number of β-amino-alcohol motifs (C(OH)–C–C–N with tert-alkyl or cyclic N) is 2. The van der Waals surface area contributed by atoms with Crippen molar-refractivity contribution in [3.8, 4) is 0 Å². The zero-order valence-corrected chi connectivity index (χ0v) is 10.9. The van der Waals surface area contributed by atoms with Crippen LogP contribution in [0, 0.1) is 5.41 Å². The zero-order chi connectivity index (χ0) is 13.2. The quantitative estimate of drug-likeness (QED) is 0.636. The topological polar surface area (TPSA) is 86.8 Å². The van der Waals surface area contributed by atoms with Gasteiger partial charge in [-0.1, -0.05) is 20.8 Å². The molecule has 1 heterocycles. The number of likely N-dealkylation sites (tertiary alicyclic amines) is 1. The minimum Gasteiger partial charge on any atom is -0.388 e. The van der Waals surface area contributed by atoms with Crippen molar-refractivity contribution in [2.75, 3.05) is 13.1 Å². The van der Waals surface area contributed by atoms with Crippen LogP contribution in [0.4, 0.5) is 0 Å². The summed E-state index contributed by atoms with van der Waals surface area (Å²) in [6.07, 6.45) is -0.593. The van der Waals surface area contributed by atoms with E-state index < -0.39 is 12.2 Å². The van der Waals surface area contributed by atoms with Gasteiger partial charge >= 0.3 is 0 Å². The van der Waals surface area contributed by atoms with E-state index in [0.29, 0.717) is 0 Å². The Morgan fingerprint density at radius 2 is 1.82 bits per heavy atom. The summed E-state index contributed by atoms with van der Waals surface area (Å²) in [6, 6.07) is -0.169. The van der Waals surface area contributed by atoms with E-state index in [-0.39, 0.29) is 36.9 Å². The Morgan fingerprint density at radius 3 is 2.24 bits per heavy atom. The molecule has 3 atom stereocenters. The van der Waals surface area contributed by atoms with Gasteiger partial charge < -0.3 is 20.8 Å². The van der Waals surface area contributed by atoms with Crippen LogP contribution in [0.3, 0.4) is 0 Å². The van der Waals surface area contributed by atoms with Gasteiger partial charge in [-0.3, -0.25) is 4.79 Å². The summed E-state index contributed by atoms with van der Waals surface area (Å²) in [6.45, 7) is 6.67. The SMILES string of the molecule is CC(C)(C)CC(N)CC(=O)N1C[C@@H](O)[C@@H](O)C1. The fraction of sp³-hybridized carbons (Fsp3) is 0.917. The number of rotatable bonds is 3. The van der Waals surface area contributed by atoms with Crippen molar-refractivity contribution in [3.63, 3.8) is 0 Å². The molecule has 4 N–H and O–H groups in total. The van der Waals surface area contributed by atoms with Crippen LogP contribution in [0.2, 0.25) is 0 Å². The third kappa shape index (κ3) is 4.61. The molecule has 0 aromatic rings. The van der Waals surface area contributed by atoms with Crippen LogP contribution in [0.1, 0.15) is 33.6 Å². The van der Waals surface area contributed by atoms with Gasteiger partial charge in [0.15, 0.2) is 0 Å². The Morgan fingerprint density at radius 1 is 1.35 bits per heavy atom. The van der Waals surface area contributed by atoms with Crippen LogP contribution in [0.5, 0.6) is 0 Å². The van der Waals surface area contributed by atoms with Crippen molar-refractivity contribution >= 4 is 5.91 Å². The molecule has 1 fully saturated rings. The molecule has 1 amide bonds. The van der Waals surface area contributed by atoms with Gasteiger partial charge in [0.2, 0.25) is 5.91 Å². The molecule has 0 saturated carbocycles. The molecule has 5 nitrogen and oxygen atoms in total. The fourth-order valence-electron chi connectivity index (χ4n) is 2.19. The average Bonchev–Trinajstić information content (AvgIpc) is 2.43. The summed E-state index contributed by atoms with van der Waals surface area (Å²) in [5.74, 6) is -0.0858. The Kier molecular flexibility index (Phi) is 4.52. The Hall–Kier alpha value is -0.650. The second-order valence-corrected chi connectivity index (χ2v) is 6.16. The van der Waals surface area contributed by atoms with Gasteiger partial charge in [-0.25, -0.2) is 0 Å². The molecule has 0 aromatic heterocycles. The number of hydrogen-bond donors (Lipinski definition) is 3. The highest BCUT2D eigenvalue weighted by Crippen LogP contribution is 2.22. The first-order valence-electron chi connectivity index (χ1n) is 6.08. The number of carbonyl (C=O) groups excluding carboxylic acids is 1. The van der Waals surface area contributed by atoms with Crippen LogP contribution in [-0.2, 0) is 4.79 Å². The van der Waals surface area contributed by atoms with Crippen LogP contribution in [0.25, 0.3) is 0 Å². The number of aliphatic hydroxyl groups is 2. The summed E-state index contributed by atoms with van der Waals surface area (Å²) in [4.78, 5) is 13.3. The summed E-state index contributed by atoms with van der Waals surface area (Å²) < 4.78 is 0. The monoisotopic (exact) mass is 244 g/mol. The molecule has 0 bridgehead atoms. The maximum Gasteiger partial charge on any atom is 0.224 e. The highest BCUT2D eigenvalue weighted by Gasteiger charge is 2.33. The van der Waals surface area contributed by atoms with Crippen molar-refractivity contribution < 1.29 is 15.0 Å². The zero-order valence-electron chi connectivity index (χ0n) is 10.9. The van der Waals surface area contributed by atoms with Gasteiger partial charge in [0.25, 0.3) is 0 Å². The Labute approximate surface area is 103 Å². The molecule has 1 aliphatic rings. The lowest BCUT2D eigenvalue weighted by Crippen LogP contribution is -2.36. The van der Waals surface area contributed by atoms with Crippen LogP contribution >= 0.6 is 0 Å². The molecule has 0 radical (unpaired) electrons.